The maximum atomic E-state index is 13.7. The van der Waals surface area contributed by atoms with E-state index in [9.17, 15) is 4.39 Å². The standard InChI is InChI=1S/C19H24FN3S/c20-14-7-6-13-2-1-3-17-18(16(13)10-14)23-19(24-17)22-15-8-4-12(11-21)5-9-15/h6-7,10,12,15H,1-5,8-9,11,21H2,(H,22,23). The van der Waals surface area contributed by atoms with Crippen molar-refractivity contribution >= 4 is 16.5 Å². The lowest BCUT2D eigenvalue weighted by Crippen LogP contribution is -2.29. The Hall–Kier alpha value is -1.46. The first-order chi connectivity index (χ1) is 11.7. The zero-order chi connectivity index (χ0) is 16.5. The van der Waals surface area contributed by atoms with E-state index < -0.39 is 0 Å². The molecule has 1 heterocycles. The van der Waals surface area contributed by atoms with E-state index in [1.165, 1.54) is 23.3 Å². The maximum Gasteiger partial charge on any atom is 0.183 e. The third-order valence-corrected chi connectivity index (χ3v) is 6.43. The van der Waals surface area contributed by atoms with Crippen molar-refractivity contribution < 1.29 is 4.39 Å². The van der Waals surface area contributed by atoms with E-state index in [1.54, 1.807) is 23.5 Å². The molecule has 24 heavy (non-hydrogen) atoms. The van der Waals surface area contributed by atoms with Gasteiger partial charge in [-0.3, -0.25) is 0 Å². The van der Waals surface area contributed by atoms with E-state index in [4.69, 9.17) is 10.7 Å². The van der Waals surface area contributed by atoms with Gasteiger partial charge in [-0.05, 0) is 75.1 Å². The monoisotopic (exact) mass is 345 g/mol. The van der Waals surface area contributed by atoms with Crippen LogP contribution in [0, 0.1) is 11.7 Å². The van der Waals surface area contributed by atoms with Gasteiger partial charge in [0.1, 0.15) is 5.82 Å². The van der Waals surface area contributed by atoms with E-state index in [-0.39, 0.29) is 5.82 Å². The molecule has 3 N–H and O–H groups in total. The second-order valence-electron chi connectivity index (χ2n) is 7.04. The van der Waals surface area contributed by atoms with Gasteiger partial charge in [0, 0.05) is 16.5 Å². The minimum atomic E-state index is -0.177. The number of anilines is 1. The average molecular weight is 345 g/mol. The summed E-state index contributed by atoms with van der Waals surface area (Å²) in [5, 5.41) is 4.62. The highest BCUT2D eigenvalue weighted by Gasteiger charge is 2.23. The quantitative estimate of drug-likeness (QED) is 0.868. The number of rotatable bonds is 3. The molecule has 0 amide bonds. The average Bonchev–Trinajstić information content (AvgIpc) is 2.92. The zero-order valence-corrected chi connectivity index (χ0v) is 14.7. The number of fused-ring (bicyclic) bond motifs is 3. The number of nitrogens with two attached hydrogens (primary N) is 1. The van der Waals surface area contributed by atoms with Gasteiger partial charge in [-0.25, -0.2) is 9.37 Å². The van der Waals surface area contributed by atoms with Crippen LogP contribution < -0.4 is 11.1 Å². The molecule has 0 atom stereocenters. The predicted molar refractivity (Wildman–Crippen MR) is 98.0 cm³/mol. The lowest BCUT2D eigenvalue weighted by atomic mass is 9.86. The first-order valence-corrected chi connectivity index (χ1v) is 9.79. The molecule has 2 aromatic rings. The first-order valence-electron chi connectivity index (χ1n) is 8.98. The van der Waals surface area contributed by atoms with Gasteiger partial charge in [0.25, 0.3) is 0 Å². The molecule has 3 nitrogen and oxygen atoms in total. The Bertz CT molecular complexity index is 719. The molecule has 2 aliphatic carbocycles. The number of nitrogens with zero attached hydrogens (tertiary/aromatic N) is 1. The molecule has 0 saturated heterocycles. The van der Waals surface area contributed by atoms with Gasteiger partial charge in [0.2, 0.25) is 0 Å². The zero-order valence-electron chi connectivity index (χ0n) is 13.9. The normalized spacial score (nSPS) is 23.2. The summed E-state index contributed by atoms with van der Waals surface area (Å²) in [5.74, 6) is 0.509. The first kappa shape index (κ1) is 16.0. The number of nitrogens with one attached hydrogen (secondary N) is 1. The van der Waals surface area contributed by atoms with Gasteiger partial charge in [-0.1, -0.05) is 6.07 Å². The number of halogens is 1. The van der Waals surface area contributed by atoms with Crippen LogP contribution in [0.3, 0.4) is 0 Å². The molecule has 4 rings (SSSR count). The van der Waals surface area contributed by atoms with Gasteiger partial charge >= 0.3 is 0 Å². The third-order valence-electron chi connectivity index (χ3n) is 5.38. The number of aromatic nitrogens is 1. The Labute approximate surface area is 146 Å². The molecule has 0 aliphatic heterocycles. The van der Waals surface area contributed by atoms with Gasteiger partial charge in [0.15, 0.2) is 5.13 Å². The van der Waals surface area contributed by atoms with Crippen LogP contribution in [0.1, 0.15) is 42.5 Å². The van der Waals surface area contributed by atoms with Crippen molar-refractivity contribution in [2.75, 3.05) is 11.9 Å². The highest BCUT2D eigenvalue weighted by atomic mass is 32.1. The SMILES string of the molecule is NCC1CCC(Nc2nc3c(s2)CCCc2ccc(F)cc2-3)CC1. The van der Waals surface area contributed by atoms with Crippen molar-refractivity contribution in [3.63, 3.8) is 0 Å². The summed E-state index contributed by atoms with van der Waals surface area (Å²) >= 11 is 1.75. The highest BCUT2D eigenvalue weighted by Crippen LogP contribution is 2.38. The van der Waals surface area contributed by atoms with Crippen molar-refractivity contribution in [3.8, 4) is 11.3 Å². The van der Waals surface area contributed by atoms with E-state index in [1.807, 2.05) is 6.07 Å². The van der Waals surface area contributed by atoms with Gasteiger partial charge in [-0.2, -0.15) is 0 Å². The van der Waals surface area contributed by atoms with Crippen molar-refractivity contribution in [2.24, 2.45) is 11.7 Å². The predicted octanol–water partition coefficient (Wildman–Crippen LogP) is 4.37. The second kappa shape index (κ2) is 6.81. The Morgan fingerprint density at radius 3 is 2.83 bits per heavy atom. The van der Waals surface area contributed by atoms with E-state index in [0.717, 1.165) is 55.0 Å². The van der Waals surface area contributed by atoms with Crippen LogP contribution in [0.15, 0.2) is 18.2 Å². The van der Waals surface area contributed by atoms with Crippen LogP contribution in [-0.2, 0) is 12.8 Å². The molecule has 1 aromatic heterocycles. The summed E-state index contributed by atoms with van der Waals surface area (Å²) in [6, 6.07) is 5.62. The van der Waals surface area contributed by atoms with Crippen molar-refractivity contribution in [1.82, 2.24) is 4.98 Å². The summed E-state index contributed by atoms with van der Waals surface area (Å²) in [4.78, 5) is 6.13. The fourth-order valence-electron chi connectivity index (χ4n) is 3.94. The Morgan fingerprint density at radius 1 is 1.21 bits per heavy atom. The fourth-order valence-corrected chi connectivity index (χ4v) is 5.03. The van der Waals surface area contributed by atoms with Crippen LogP contribution in [0.5, 0.6) is 0 Å². The summed E-state index contributed by atoms with van der Waals surface area (Å²) in [5.41, 5.74) is 8.97. The van der Waals surface area contributed by atoms with Gasteiger partial charge in [0.05, 0.1) is 5.69 Å². The van der Waals surface area contributed by atoms with Crippen LogP contribution >= 0.6 is 11.3 Å². The number of hydrogen-bond donors (Lipinski definition) is 2. The molecule has 0 spiro atoms. The summed E-state index contributed by atoms with van der Waals surface area (Å²) < 4.78 is 13.7. The molecule has 5 heteroatoms. The molecule has 0 unspecified atom stereocenters. The molecule has 0 radical (unpaired) electrons. The fraction of sp³-hybridized carbons (Fsp3) is 0.526. The molecule has 1 saturated carbocycles. The van der Waals surface area contributed by atoms with E-state index in [2.05, 4.69) is 5.32 Å². The van der Waals surface area contributed by atoms with Crippen LogP contribution in [0.4, 0.5) is 9.52 Å². The van der Waals surface area contributed by atoms with Crippen molar-refractivity contribution in [1.29, 1.82) is 0 Å². The highest BCUT2D eigenvalue weighted by molar-refractivity contribution is 7.16. The number of hydrogen-bond acceptors (Lipinski definition) is 4. The van der Waals surface area contributed by atoms with E-state index >= 15 is 0 Å². The molecule has 1 aromatic carbocycles. The van der Waals surface area contributed by atoms with Crippen molar-refractivity contribution in [3.05, 3.63) is 34.5 Å². The summed E-state index contributed by atoms with van der Waals surface area (Å²) in [7, 11) is 0. The van der Waals surface area contributed by atoms with Crippen LogP contribution in [0.25, 0.3) is 11.3 Å². The lowest BCUT2D eigenvalue weighted by molar-refractivity contribution is 0.345. The minimum Gasteiger partial charge on any atom is -0.359 e. The lowest BCUT2D eigenvalue weighted by Gasteiger charge is -2.28. The Balaban J connectivity index is 1.56. The molecular formula is C19H24FN3S. The summed E-state index contributed by atoms with van der Waals surface area (Å²) in [6.07, 6.45) is 7.87. The molecule has 0 bridgehead atoms. The molecule has 2 aliphatic rings. The number of aryl methyl sites for hydroxylation is 2. The van der Waals surface area contributed by atoms with Gasteiger partial charge < -0.3 is 11.1 Å². The summed E-state index contributed by atoms with van der Waals surface area (Å²) in [6.45, 7) is 0.806. The number of thiazole rings is 1. The van der Waals surface area contributed by atoms with Gasteiger partial charge in [-0.15, -0.1) is 11.3 Å². The topological polar surface area (TPSA) is 50.9 Å². The van der Waals surface area contributed by atoms with Crippen LogP contribution in [-0.4, -0.2) is 17.6 Å². The number of benzene rings is 1. The molecular weight excluding hydrogens is 321 g/mol. The van der Waals surface area contributed by atoms with Crippen LogP contribution in [0.2, 0.25) is 0 Å². The Kier molecular flexibility index (Phi) is 4.55. The minimum absolute atomic E-state index is 0.177. The largest absolute Gasteiger partial charge is 0.359 e. The third kappa shape index (κ3) is 3.20. The smallest absolute Gasteiger partial charge is 0.183 e. The molecule has 128 valence electrons. The maximum absolute atomic E-state index is 13.7. The second-order valence-corrected chi connectivity index (χ2v) is 8.13. The van der Waals surface area contributed by atoms with Crippen molar-refractivity contribution in [2.45, 2.75) is 51.0 Å². The van der Waals surface area contributed by atoms with E-state index in [0.29, 0.717) is 12.0 Å². The molecule has 1 fully saturated rings. The Morgan fingerprint density at radius 2 is 2.04 bits per heavy atom.